The zero-order valence-electron chi connectivity index (χ0n) is 15.8. The van der Waals surface area contributed by atoms with Crippen LogP contribution in [0.1, 0.15) is 27.7 Å². The summed E-state index contributed by atoms with van der Waals surface area (Å²) in [4.78, 5) is 38.3. The topological polar surface area (TPSA) is 115 Å². The van der Waals surface area contributed by atoms with Crippen molar-refractivity contribution in [2.24, 2.45) is 0 Å². The monoisotopic (exact) mass is 365 g/mol. The number of rotatable bonds is 5. The third-order valence-corrected chi connectivity index (χ3v) is 3.55. The normalized spacial score (nSPS) is 15.1. The Bertz CT molecular complexity index is 595. The van der Waals surface area contributed by atoms with Crippen LogP contribution >= 0.6 is 0 Å². The van der Waals surface area contributed by atoms with Crippen molar-refractivity contribution in [1.82, 2.24) is 20.4 Å². The van der Waals surface area contributed by atoms with E-state index < -0.39 is 11.7 Å². The minimum absolute atomic E-state index is 0.0152. The van der Waals surface area contributed by atoms with E-state index in [-0.39, 0.29) is 23.9 Å². The lowest BCUT2D eigenvalue weighted by Crippen LogP contribution is -2.50. The van der Waals surface area contributed by atoms with Crippen LogP contribution in [0.25, 0.3) is 0 Å². The van der Waals surface area contributed by atoms with E-state index in [1.807, 2.05) is 6.07 Å². The zero-order chi connectivity index (χ0) is 19.7. The fraction of sp³-hybridized carbons (Fsp3) is 0.647. The van der Waals surface area contributed by atoms with E-state index in [0.29, 0.717) is 32.7 Å². The van der Waals surface area contributed by atoms with Crippen LogP contribution in [0.15, 0.2) is 11.8 Å². The molecule has 0 aromatic carbocycles. The maximum absolute atomic E-state index is 12.3. The van der Waals surface area contributed by atoms with Crippen molar-refractivity contribution in [3.63, 3.8) is 0 Å². The van der Waals surface area contributed by atoms with E-state index in [0.717, 1.165) is 0 Å². The number of hydrogen-bond donors (Lipinski definition) is 2. The standard InChI is InChI=1S/C17H27N5O4/c1-13(23)21-7-9-22(10-8-21)15(24)14(11-18)12-19-5-6-20-16(25)26-17(2,3)4/h12,19H,5-10H2,1-4H3,(H,20,25)/b14-12-. The number of carbonyl (C=O) groups is 3. The van der Waals surface area contributed by atoms with Gasteiger partial charge in [0.2, 0.25) is 5.91 Å². The van der Waals surface area contributed by atoms with E-state index in [1.165, 1.54) is 13.1 Å². The van der Waals surface area contributed by atoms with Crippen molar-refractivity contribution in [1.29, 1.82) is 5.26 Å². The Balaban J connectivity index is 2.39. The minimum Gasteiger partial charge on any atom is -0.444 e. The molecule has 1 rings (SSSR count). The number of hydrogen-bond acceptors (Lipinski definition) is 6. The van der Waals surface area contributed by atoms with Gasteiger partial charge in [0.05, 0.1) is 0 Å². The average molecular weight is 365 g/mol. The second-order valence-electron chi connectivity index (χ2n) is 6.85. The van der Waals surface area contributed by atoms with Crippen LogP contribution < -0.4 is 10.6 Å². The van der Waals surface area contributed by atoms with Crippen molar-refractivity contribution in [2.45, 2.75) is 33.3 Å². The number of carbonyl (C=O) groups excluding carboxylic acids is 3. The summed E-state index contributed by atoms with van der Waals surface area (Å²) in [7, 11) is 0. The molecule has 3 amide bonds. The van der Waals surface area contributed by atoms with Gasteiger partial charge in [-0.25, -0.2) is 4.79 Å². The Morgan fingerprint density at radius 1 is 1.12 bits per heavy atom. The first-order valence-corrected chi connectivity index (χ1v) is 8.49. The van der Waals surface area contributed by atoms with Crippen LogP contribution in [-0.4, -0.2) is 72.6 Å². The predicted octanol–water partition coefficient (Wildman–Crippen LogP) is 0.199. The molecule has 2 N–H and O–H groups in total. The highest BCUT2D eigenvalue weighted by Gasteiger charge is 2.24. The Morgan fingerprint density at radius 2 is 1.69 bits per heavy atom. The van der Waals surface area contributed by atoms with Gasteiger partial charge in [-0.1, -0.05) is 0 Å². The molecule has 26 heavy (non-hydrogen) atoms. The summed E-state index contributed by atoms with van der Waals surface area (Å²) >= 11 is 0. The molecule has 1 heterocycles. The number of alkyl carbamates (subject to hydrolysis) is 1. The van der Waals surface area contributed by atoms with Crippen LogP contribution in [0.2, 0.25) is 0 Å². The van der Waals surface area contributed by atoms with Crippen LogP contribution in [0.3, 0.4) is 0 Å². The lowest BCUT2D eigenvalue weighted by atomic mass is 10.2. The highest BCUT2D eigenvalue weighted by molar-refractivity contribution is 5.97. The number of nitrogens with zero attached hydrogens (tertiary/aromatic N) is 3. The molecular formula is C17H27N5O4. The number of ether oxygens (including phenoxy) is 1. The van der Waals surface area contributed by atoms with Gasteiger partial charge in [-0.2, -0.15) is 5.26 Å². The third-order valence-electron chi connectivity index (χ3n) is 3.55. The van der Waals surface area contributed by atoms with E-state index in [4.69, 9.17) is 4.74 Å². The Hall–Kier alpha value is -2.76. The smallest absolute Gasteiger partial charge is 0.407 e. The fourth-order valence-corrected chi connectivity index (χ4v) is 2.26. The summed E-state index contributed by atoms with van der Waals surface area (Å²) in [5.74, 6) is -0.393. The molecule has 0 radical (unpaired) electrons. The van der Waals surface area contributed by atoms with E-state index in [9.17, 15) is 19.6 Å². The third kappa shape index (κ3) is 7.42. The number of nitriles is 1. The average Bonchev–Trinajstić information content (AvgIpc) is 2.56. The number of amides is 3. The SMILES string of the molecule is CC(=O)N1CCN(C(=O)/C(C#N)=C\NCCNC(=O)OC(C)(C)C)CC1. The largest absolute Gasteiger partial charge is 0.444 e. The van der Waals surface area contributed by atoms with Gasteiger partial charge in [-0.15, -0.1) is 0 Å². The quantitative estimate of drug-likeness (QED) is 0.409. The molecule has 1 fully saturated rings. The molecule has 0 bridgehead atoms. The summed E-state index contributed by atoms with van der Waals surface area (Å²) in [5, 5.41) is 14.6. The maximum Gasteiger partial charge on any atom is 0.407 e. The fourth-order valence-electron chi connectivity index (χ4n) is 2.26. The predicted molar refractivity (Wildman–Crippen MR) is 94.8 cm³/mol. The van der Waals surface area contributed by atoms with Crippen molar-refractivity contribution < 1.29 is 19.1 Å². The van der Waals surface area contributed by atoms with Crippen molar-refractivity contribution in [3.05, 3.63) is 11.8 Å². The summed E-state index contributed by atoms with van der Waals surface area (Å²) in [6.07, 6.45) is 0.819. The highest BCUT2D eigenvalue weighted by Crippen LogP contribution is 2.07. The number of piperazine rings is 1. The minimum atomic E-state index is -0.565. The Morgan fingerprint density at radius 3 is 2.19 bits per heavy atom. The van der Waals surface area contributed by atoms with Gasteiger partial charge < -0.3 is 25.2 Å². The van der Waals surface area contributed by atoms with Gasteiger partial charge in [0.25, 0.3) is 5.91 Å². The van der Waals surface area contributed by atoms with Gasteiger partial charge >= 0.3 is 6.09 Å². The van der Waals surface area contributed by atoms with Crippen molar-refractivity contribution in [3.8, 4) is 6.07 Å². The maximum atomic E-state index is 12.3. The molecule has 0 aliphatic carbocycles. The first-order chi connectivity index (χ1) is 12.1. The Kier molecular flexibility index (Phi) is 7.90. The lowest BCUT2D eigenvalue weighted by Gasteiger charge is -2.34. The summed E-state index contributed by atoms with van der Waals surface area (Å²) in [6.45, 7) is 9.17. The van der Waals surface area contributed by atoms with Gasteiger partial charge in [-0.3, -0.25) is 9.59 Å². The molecule has 1 saturated heterocycles. The lowest BCUT2D eigenvalue weighted by molar-refractivity contribution is -0.136. The summed E-state index contributed by atoms with van der Waals surface area (Å²) < 4.78 is 5.10. The van der Waals surface area contributed by atoms with E-state index in [1.54, 1.807) is 30.6 Å². The molecule has 0 spiro atoms. The second-order valence-corrected chi connectivity index (χ2v) is 6.85. The molecule has 0 unspecified atom stereocenters. The molecule has 9 heteroatoms. The van der Waals surface area contributed by atoms with Gasteiger partial charge in [0.1, 0.15) is 17.2 Å². The molecule has 1 aliphatic rings. The molecule has 9 nitrogen and oxygen atoms in total. The highest BCUT2D eigenvalue weighted by atomic mass is 16.6. The summed E-state index contributed by atoms with van der Waals surface area (Å²) in [5.41, 5.74) is -0.580. The molecule has 0 atom stereocenters. The molecule has 0 saturated carbocycles. The van der Waals surface area contributed by atoms with E-state index in [2.05, 4.69) is 10.6 Å². The van der Waals surface area contributed by atoms with Gasteiger partial charge in [0, 0.05) is 52.4 Å². The van der Waals surface area contributed by atoms with Crippen molar-refractivity contribution in [2.75, 3.05) is 39.3 Å². The van der Waals surface area contributed by atoms with Crippen LogP contribution in [0, 0.1) is 11.3 Å². The van der Waals surface area contributed by atoms with Crippen LogP contribution in [0.5, 0.6) is 0 Å². The van der Waals surface area contributed by atoms with E-state index >= 15 is 0 Å². The molecule has 1 aliphatic heterocycles. The molecular weight excluding hydrogens is 338 g/mol. The zero-order valence-corrected chi connectivity index (χ0v) is 15.8. The first kappa shape index (κ1) is 21.3. The Labute approximate surface area is 153 Å². The first-order valence-electron chi connectivity index (χ1n) is 8.49. The molecule has 144 valence electrons. The molecule has 0 aromatic heterocycles. The van der Waals surface area contributed by atoms with Gasteiger partial charge in [0.15, 0.2) is 0 Å². The van der Waals surface area contributed by atoms with Gasteiger partial charge in [-0.05, 0) is 20.8 Å². The second kappa shape index (κ2) is 9.65. The van der Waals surface area contributed by atoms with Crippen molar-refractivity contribution >= 4 is 17.9 Å². The molecule has 0 aromatic rings. The van der Waals surface area contributed by atoms with Crippen LogP contribution in [-0.2, 0) is 14.3 Å². The van der Waals surface area contributed by atoms with Crippen LogP contribution in [0.4, 0.5) is 4.79 Å². The summed E-state index contributed by atoms with van der Waals surface area (Å²) in [6, 6.07) is 1.88. The number of nitrogens with one attached hydrogen (secondary N) is 2.